The first-order valence-electron chi connectivity index (χ1n) is 9.64. The summed E-state index contributed by atoms with van der Waals surface area (Å²) in [7, 11) is 0. The standard InChI is InChI=1S/C22H27NO4/c1-2-25-21-16-17(22(24)23-18-8-6-7-9-18)12-13-20(21)27-15-14-26-19-10-4-3-5-11-19/h3-5,10-13,16,18H,2,6-9,14-15H2,1H3,(H,23,24). The molecule has 144 valence electrons. The van der Waals surface area contributed by atoms with Crippen LogP contribution in [0.15, 0.2) is 48.5 Å². The Labute approximate surface area is 160 Å². The highest BCUT2D eigenvalue weighted by molar-refractivity contribution is 5.95. The van der Waals surface area contributed by atoms with Crippen molar-refractivity contribution in [1.29, 1.82) is 0 Å². The van der Waals surface area contributed by atoms with Gasteiger partial charge < -0.3 is 19.5 Å². The fourth-order valence-corrected chi connectivity index (χ4v) is 3.20. The van der Waals surface area contributed by atoms with Crippen molar-refractivity contribution in [3.63, 3.8) is 0 Å². The van der Waals surface area contributed by atoms with Crippen molar-refractivity contribution >= 4 is 5.91 Å². The molecule has 0 heterocycles. The number of carbonyl (C=O) groups is 1. The minimum Gasteiger partial charge on any atom is -0.490 e. The summed E-state index contributed by atoms with van der Waals surface area (Å²) in [6.07, 6.45) is 4.50. The molecule has 0 aromatic heterocycles. The van der Waals surface area contributed by atoms with Crippen molar-refractivity contribution in [3.8, 4) is 17.2 Å². The molecule has 0 aliphatic heterocycles. The van der Waals surface area contributed by atoms with Gasteiger partial charge in [0.25, 0.3) is 5.91 Å². The smallest absolute Gasteiger partial charge is 0.251 e. The van der Waals surface area contributed by atoms with Gasteiger partial charge in [0.15, 0.2) is 11.5 Å². The Kier molecular flexibility index (Phi) is 6.97. The van der Waals surface area contributed by atoms with E-state index in [-0.39, 0.29) is 5.91 Å². The number of nitrogens with one attached hydrogen (secondary N) is 1. The number of amides is 1. The van der Waals surface area contributed by atoms with Crippen molar-refractivity contribution in [2.24, 2.45) is 0 Å². The minimum atomic E-state index is -0.0539. The van der Waals surface area contributed by atoms with Crippen LogP contribution in [0.25, 0.3) is 0 Å². The normalized spacial score (nSPS) is 14.0. The van der Waals surface area contributed by atoms with Crippen LogP contribution in [0.2, 0.25) is 0 Å². The lowest BCUT2D eigenvalue weighted by molar-refractivity contribution is 0.0937. The molecule has 1 saturated carbocycles. The molecule has 1 fully saturated rings. The molecule has 2 aromatic rings. The van der Waals surface area contributed by atoms with E-state index in [9.17, 15) is 4.79 Å². The topological polar surface area (TPSA) is 56.8 Å². The average molecular weight is 369 g/mol. The lowest BCUT2D eigenvalue weighted by atomic mass is 10.1. The quantitative estimate of drug-likeness (QED) is 0.673. The van der Waals surface area contributed by atoms with Crippen molar-refractivity contribution in [2.45, 2.75) is 38.6 Å². The van der Waals surface area contributed by atoms with Gasteiger partial charge in [-0.15, -0.1) is 0 Å². The van der Waals surface area contributed by atoms with Gasteiger partial charge in [0, 0.05) is 11.6 Å². The second-order valence-corrected chi connectivity index (χ2v) is 6.56. The number of rotatable bonds is 9. The Bertz CT molecular complexity index is 726. The molecule has 5 heteroatoms. The van der Waals surface area contributed by atoms with E-state index < -0.39 is 0 Å². The Morgan fingerprint density at radius 3 is 2.44 bits per heavy atom. The van der Waals surface area contributed by atoms with Crippen LogP contribution in [0, 0.1) is 0 Å². The summed E-state index contributed by atoms with van der Waals surface area (Å²) >= 11 is 0. The highest BCUT2D eigenvalue weighted by Gasteiger charge is 2.19. The fourth-order valence-electron chi connectivity index (χ4n) is 3.20. The van der Waals surface area contributed by atoms with E-state index in [1.54, 1.807) is 18.2 Å². The highest BCUT2D eigenvalue weighted by atomic mass is 16.5. The maximum Gasteiger partial charge on any atom is 0.251 e. The maximum absolute atomic E-state index is 12.5. The fraction of sp³-hybridized carbons (Fsp3) is 0.409. The van der Waals surface area contributed by atoms with Crippen LogP contribution in [0.3, 0.4) is 0 Å². The van der Waals surface area contributed by atoms with Gasteiger partial charge in [0.05, 0.1) is 6.61 Å². The van der Waals surface area contributed by atoms with Gasteiger partial charge in [-0.25, -0.2) is 0 Å². The molecular weight excluding hydrogens is 342 g/mol. The number of hydrogen-bond acceptors (Lipinski definition) is 4. The highest BCUT2D eigenvalue weighted by Crippen LogP contribution is 2.29. The molecule has 5 nitrogen and oxygen atoms in total. The summed E-state index contributed by atoms with van der Waals surface area (Å²) in [5, 5.41) is 3.10. The predicted octanol–water partition coefficient (Wildman–Crippen LogP) is 4.22. The van der Waals surface area contributed by atoms with Crippen molar-refractivity contribution in [2.75, 3.05) is 19.8 Å². The molecule has 0 unspecified atom stereocenters. The predicted molar refractivity (Wildman–Crippen MR) is 105 cm³/mol. The third kappa shape index (κ3) is 5.64. The van der Waals surface area contributed by atoms with Gasteiger partial charge in [-0.05, 0) is 50.1 Å². The van der Waals surface area contributed by atoms with Gasteiger partial charge in [-0.2, -0.15) is 0 Å². The van der Waals surface area contributed by atoms with Crippen LogP contribution >= 0.6 is 0 Å². The zero-order chi connectivity index (χ0) is 18.9. The molecule has 3 rings (SSSR count). The molecule has 2 aromatic carbocycles. The van der Waals surface area contributed by atoms with E-state index >= 15 is 0 Å². The Morgan fingerprint density at radius 2 is 1.70 bits per heavy atom. The van der Waals surface area contributed by atoms with Crippen LogP contribution in [-0.4, -0.2) is 31.8 Å². The van der Waals surface area contributed by atoms with Crippen LogP contribution < -0.4 is 19.5 Å². The Morgan fingerprint density at radius 1 is 0.963 bits per heavy atom. The summed E-state index contributed by atoms with van der Waals surface area (Å²) in [4.78, 5) is 12.5. The van der Waals surface area contributed by atoms with E-state index in [1.807, 2.05) is 37.3 Å². The summed E-state index contributed by atoms with van der Waals surface area (Å²) in [5.41, 5.74) is 0.596. The number of carbonyl (C=O) groups excluding carboxylic acids is 1. The van der Waals surface area contributed by atoms with E-state index in [0.717, 1.165) is 18.6 Å². The van der Waals surface area contributed by atoms with Crippen molar-refractivity contribution in [1.82, 2.24) is 5.32 Å². The summed E-state index contributed by atoms with van der Waals surface area (Å²) in [6.45, 7) is 3.24. The minimum absolute atomic E-state index is 0.0539. The van der Waals surface area contributed by atoms with Crippen LogP contribution in [0.4, 0.5) is 0 Å². The molecule has 0 bridgehead atoms. The number of benzene rings is 2. The summed E-state index contributed by atoms with van der Waals surface area (Å²) < 4.78 is 17.1. The monoisotopic (exact) mass is 369 g/mol. The lowest BCUT2D eigenvalue weighted by Crippen LogP contribution is -2.32. The van der Waals surface area contributed by atoms with E-state index in [0.29, 0.717) is 42.9 Å². The van der Waals surface area contributed by atoms with Crippen LogP contribution in [-0.2, 0) is 0 Å². The first kappa shape index (κ1) is 19.1. The summed E-state index contributed by atoms with van der Waals surface area (Å²) in [6, 6.07) is 15.2. The van der Waals surface area contributed by atoms with Gasteiger partial charge in [-0.3, -0.25) is 4.79 Å². The molecule has 1 aliphatic carbocycles. The third-order valence-corrected chi connectivity index (χ3v) is 4.55. The van der Waals surface area contributed by atoms with Gasteiger partial charge in [0.2, 0.25) is 0 Å². The molecule has 27 heavy (non-hydrogen) atoms. The van der Waals surface area contributed by atoms with E-state index in [4.69, 9.17) is 14.2 Å². The number of para-hydroxylation sites is 1. The van der Waals surface area contributed by atoms with E-state index in [2.05, 4.69) is 5.32 Å². The molecular formula is C22H27NO4. The summed E-state index contributed by atoms with van der Waals surface area (Å²) in [5.74, 6) is 1.95. The average Bonchev–Trinajstić information content (AvgIpc) is 3.20. The number of ether oxygens (including phenoxy) is 3. The maximum atomic E-state index is 12.5. The van der Waals surface area contributed by atoms with E-state index in [1.165, 1.54) is 12.8 Å². The zero-order valence-electron chi connectivity index (χ0n) is 15.8. The molecule has 1 amide bonds. The SMILES string of the molecule is CCOc1cc(C(=O)NC2CCCC2)ccc1OCCOc1ccccc1. The molecule has 0 radical (unpaired) electrons. The zero-order valence-corrected chi connectivity index (χ0v) is 15.8. The lowest BCUT2D eigenvalue weighted by Gasteiger charge is -2.15. The third-order valence-electron chi connectivity index (χ3n) is 4.55. The Balaban J connectivity index is 1.56. The first-order chi connectivity index (χ1) is 13.3. The van der Waals surface area contributed by atoms with Crippen LogP contribution in [0.5, 0.6) is 17.2 Å². The Hall–Kier alpha value is -2.69. The van der Waals surface area contributed by atoms with Crippen molar-refractivity contribution < 1.29 is 19.0 Å². The van der Waals surface area contributed by atoms with Gasteiger partial charge in [0.1, 0.15) is 19.0 Å². The molecule has 0 atom stereocenters. The largest absolute Gasteiger partial charge is 0.490 e. The molecule has 1 aliphatic rings. The van der Waals surface area contributed by atoms with Gasteiger partial charge >= 0.3 is 0 Å². The second kappa shape index (κ2) is 9.86. The molecule has 0 saturated heterocycles. The number of hydrogen-bond donors (Lipinski definition) is 1. The van der Waals surface area contributed by atoms with Gasteiger partial charge in [-0.1, -0.05) is 31.0 Å². The second-order valence-electron chi connectivity index (χ2n) is 6.56. The first-order valence-corrected chi connectivity index (χ1v) is 9.64. The van der Waals surface area contributed by atoms with Crippen LogP contribution in [0.1, 0.15) is 43.0 Å². The van der Waals surface area contributed by atoms with Crippen molar-refractivity contribution in [3.05, 3.63) is 54.1 Å². The molecule has 0 spiro atoms. The molecule has 1 N–H and O–H groups in total.